The molecule has 0 radical (unpaired) electrons. The Morgan fingerprint density at radius 1 is 0.393 bits per heavy atom. The van der Waals surface area contributed by atoms with Gasteiger partial charge in [-0.3, -0.25) is 43.2 Å². The van der Waals surface area contributed by atoms with Gasteiger partial charge in [-0.05, 0) is 60.3 Å². The maximum Gasteiger partial charge on any atom is 0.509 e. The van der Waals surface area contributed by atoms with Gasteiger partial charge >= 0.3 is 78.5 Å². The lowest BCUT2D eigenvalue weighted by Gasteiger charge is -2.31. The second-order valence-electron chi connectivity index (χ2n) is 25.7. The van der Waals surface area contributed by atoms with Crippen molar-refractivity contribution in [2.75, 3.05) is 169 Å². The van der Waals surface area contributed by atoms with Gasteiger partial charge < -0.3 is 95.1 Å². The van der Waals surface area contributed by atoms with Gasteiger partial charge in [-0.25, -0.2) is 24.0 Å². The number of cyclic esters (lactones) is 10. The smallest absolute Gasteiger partial charge is 0.465 e. The lowest BCUT2D eigenvalue weighted by molar-refractivity contribution is -0.173. The highest BCUT2D eigenvalue weighted by Gasteiger charge is 2.42. The van der Waals surface area contributed by atoms with Crippen LogP contribution in [0.4, 0.5) is 24.0 Å². The highest BCUT2D eigenvalue weighted by molar-refractivity contribution is 7.99. The molecule has 1 N–H and O–H groups in total. The number of hydrogen-bond donors (Lipinski definition) is 5. The predicted molar refractivity (Wildman–Crippen MR) is 437 cm³/mol. The van der Waals surface area contributed by atoms with Crippen LogP contribution in [0.1, 0.15) is 93.0 Å². The molecule has 34 nitrogen and oxygen atoms in total. The Morgan fingerprint density at radius 3 is 0.863 bits per heavy atom. The fraction of sp³-hybridized carbons (Fsp3) is 0.627. The summed E-state index contributed by atoms with van der Waals surface area (Å²) >= 11 is 21.7. The van der Waals surface area contributed by atoms with Crippen LogP contribution in [0.2, 0.25) is 0 Å². The highest BCUT2D eigenvalue weighted by atomic mass is 32.2. The maximum atomic E-state index is 13.0. The minimum Gasteiger partial charge on any atom is -0.465 e. The van der Waals surface area contributed by atoms with Gasteiger partial charge in [0.2, 0.25) is 5.78 Å². The van der Waals surface area contributed by atoms with E-state index in [2.05, 4.69) is 66.6 Å². The number of methoxy groups -OCH3 is 1. The molecule has 0 saturated carbocycles. The largest absolute Gasteiger partial charge is 0.509 e. The van der Waals surface area contributed by atoms with Crippen LogP contribution in [0.5, 0.6) is 0 Å². The summed E-state index contributed by atoms with van der Waals surface area (Å²) in [4.78, 5) is 166. The zero-order chi connectivity index (χ0) is 85.5. The van der Waals surface area contributed by atoms with E-state index in [-0.39, 0.29) is 164 Å². The average Bonchev–Trinajstić information content (AvgIpc) is 1.15. The number of ketones is 1. The molecule has 2 aromatic rings. The Hall–Kier alpha value is -7.32. The van der Waals surface area contributed by atoms with E-state index in [1.54, 1.807) is 36.4 Å². The minimum atomic E-state index is -1.46. The van der Waals surface area contributed by atoms with Gasteiger partial charge in [-0.15, -0.1) is 0 Å². The van der Waals surface area contributed by atoms with Gasteiger partial charge in [0.15, 0.2) is 11.7 Å². The van der Waals surface area contributed by atoms with Crippen LogP contribution in [0.15, 0.2) is 73.3 Å². The van der Waals surface area contributed by atoms with E-state index in [9.17, 15) is 72.2 Å². The molecule has 6 unspecified atom stereocenters. The summed E-state index contributed by atoms with van der Waals surface area (Å²) in [7, 11) is 1.43. The van der Waals surface area contributed by atoms with Gasteiger partial charge in [0, 0.05) is 58.7 Å². The van der Waals surface area contributed by atoms with Crippen LogP contribution in [0.25, 0.3) is 0 Å². The molecular weight excluding hydrogens is 1700 g/mol. The van der Waals surface area contributed by atoms with Gasteiger partial charge in [-0.2, -0.15) is 97.6 Å². The van der Waals surface area contributed by atoms with Crippen LogP contribution >= 0.6 is 97.6 Å². The van der Waals surface area contributed by atoms with Gasteiger partial charge in [0.25, 0.3) is 0 Å². The summed E-state index contributed by atoms with van der Waals surface area (Å²) in [5.41, 5.74) is -2.90. The third-order valence-corrected chi connectivity index (χ3v) is 21.4. The van der Waals surface area contributed by atoms with E-state index >= 15 is 0 Å². The zero-order valence-corrected chi connectivity index (χ0v) is 71.5. The molecule has 2 aromatic carbocycles. The van der Waals surface area contributed by atoms with Crippen LogP contribution in [-0.2, 0) is 134 Å². The van der Waals surface area contributed by atoms with Crippen molar-refractivity contribution in [2.24, 2.45) is 10.8 Å². The second kappa shape index (κ2) is 59.4. The van der Waals surface area contributed by atoms with Gasteiger partial charge in [0.1, 0.15) is 121 Å². The second-order valence-corrected chi connectivity index (χ2v) is 32.4. The van der Waals surface area contributed by atoms with Crippen molar-refractivity contribution in [3.8, 4) is 0 Å². The molecule has 5 heterocycles. The number of aliphatic hydroxyl groups is 1. The fourth-order valence-corrected chi connectivity index (χ4v) is 14.3. The normalized spacial score (nSPS) is 17.9. The monoisotopic (exact) mass is 1800 g/mol. The molecule has 117 heavy (non-hydrogen) atoms. The molecule has 0 aliphatic carbocycles. The minimum absolute atomic E-state index is 0.0112. The van der Waals surface area contributed by atoms with Crippen molar-refractivity contribution >= 4 is 182 Å². The average molecular weight is 1800 g/mol. The molecule has 5 aliphatic heterocycles. The van der Waals surface area contributed by atoms with E-state index in [1.807, 2.05) is 24.3 Å². The number of ether oxygens (including phenoxy) is 19. The summed E-state index contributed by atoms with van der Waals surface area (Å²) < 4.78 is 97.0. The number of rotatable bonds is 54. The van der Waals surface area contributed by atoms with Crippen LogP contribution in [0, 0.1) is 10.8 Å². The first kappa shape index (κ1) is 102. The SMILES string of the molecule is C=CC1COC(=O)O1.COC(CO)(C(=O)c1ccccc1)c1ccccc1.O=C(CCS)OCC(COC(=O)CCS)(COC(=O)CCS)COC(=O)CCS.O=C(CCSCCC1COC(=O)O1)OCC(COC(=O)CCSCCC1COC(=O)O1)(COC(=O)CCSCCC1COC(=O)O1)COC(=O)CCSCCC1COC(=O)O1. The fourth-order valence-electron chi connectivity index (χ4n) is 9.79. The number of aliphatic hydroxyl groups excluding tert-OH is 1. The molecule has 654 valence electrons. The number of carbonyl (C=O) groups excluding carboxylic acids is 14. The lowest BCUT2D eigenvalue weighted by atomic mass is 9.86. The van der Waals surface area contributed by atoms with Gasteiger partial charge in [-0.1, -0.05) is 67.2 Å². The van der Waals surface area contributed by atoms with E-state index in [0.717, 1.165) is 0 Å². The Kier molecular flexibility index (Phi) is 51.8. The molecular formula is C75H102O34S8. The number of esters is 8. The standard InChI is InChI=1S/C37H52O20S4.C17H28O8S4.C16H16O3.C5H6O3/c38-29(5-13-58-9-1-25-17-46-33(42)54-25)50-21-37(22-51-30(39)6-14-59-10-2-26-18-47-34(43)55-26,23-52-31(40)7-15-60-11-3-27-19-48-35(44)56-27)24-53-32(41)8-16-61-12-4-28-20-49-36(45)57-28;18-13(1-5-26)22-9-17(10-23-14(19)2-6-27,11-24-15(20)3-7-28)12-25-16(21)4-8-29;1-19-16(12-17,14-10-6-3-7-11-14)15(18)13-8-4-2-5-9-13;1-2-4-3-7-5(6)8-4/h25-28H,1-24H2;26-29H,1-12H2;2-11,17H,12H2,1H3;2,4H,1,3H2. The molecule has 0 aromatic heterocycles. The molecule has 0 bridgehead atoms. The van der Waals surface area contributed by atoms with Crippen molar-refractivity contribution in [2.45, 2.75) is 113 Å². The molecule has 5 aliphatic rings. The highest BCUT2D eigenvalue weighted by Crippen LogP contribution is 2.31. The summed E-state index contributed by atoms with van der Waals surface area (Å²) in [5.74, 6) is 0.389. The molecule has 5 fully saturated rings. The molecule has 42 heteroatoms. The predicted octanol–water partition coefficient (Wildman–Crippen LogP) is 8.88. The van der Waals surface area contributed by atoms with E-state index in [0.29, 0.717) is 89.4 Å². The number of hydrogen-bond acceptors (Lipinski definition) is 42. The first-order valence-corrected chi connectivity index (χ1v) is 44.1. The van der Waals surface area contributed by atoms with Crippen molar-refractivity contribution in [3.63, 3.8) is 0 Å². The topological polar surface area (TPSA) is 435 Å². The molecule has 5 saturated heterocycles. The van der Waals surface area contributed by atoms with E-state index in [1.165, 1.54) is 60.2 Å². The third kappa shape index (κ3) is 43.0. The Balaban J connectivity index is 0.000000417. The van der Waals surface area contributed by atoms with Crippen LogP contribution in [0.3, 0.4) is 0 Å². The number of thiol groups is 4. The van der Waals surface area contributed by atoms with Crippen molar-refractivity contribution in [3.05, 3.63) is 84.4 Å². The first-order valence-electron chi connectivity index (χ1n) is 37.0. The first-order chi connectivity index (χ1) is 56.4. The number of carbonyl (C=O) groups is 14. The Morgan fingerprint density at radius 2 is 0.650 bits per heavy atom. The maximum absolute atomic E-state index is 13.0. The molecule has 6 atom stereocenters. The molecule has 0 spiro atoms. The summed E-state index contributed by atoms with van der Waals surface area (Å²) in [6, 6.07) is 17.9. The Labute approximate surface area is 716 Å². The Bertz CT molecular complexity index is 3100. The number of benzene rings is 2. The quantitative estimate of drug-likeness (QED) is 0.0103. The molecule has 0 amide bonds. The van der Waals surface area contributed by atoms with Crippen molar-refractivity contribution < 1.29 is 162 Å². The lowest BCUT2D eigenvalue weighted by Crippen LogP contribution is -2.44. The third-order valence-electron chi connectivity index (χ3n) is 16.4. The van der Waals surface area contributed by atoms with Crippen molar-refractivity contribution in [1.29, 1.82) is 0 Å². The van der Waals surface area contributed by atoms with Crippen molar-refractivity contribution in [1.82, 2.24) is 0 Å². The molecule has 7 rings (SSSR count). The van der Waals surface area contributed by atoms with E-state index in [4.69, 9.17) is 80.5 Å². The number of Topliss-reactive ketones (excluding diaryl/α,β-unsaturated/α-hetero) is 1. The van der Waals surface area contributed by atoms with Crippen LogP contribution in [-0.4, -0.2) is 289 Å². The summed E-state index contributed by atoms with van der Waals surface area (Å²) in [6.07, 6.45) is -0.982. The van der Waals surface area contributed by atoms with Crippen LogP contribution < -0.4 is 0 Å². The number of thioether (sulfide) groups is 4. The summed E-state index contributed by atoms with van der Waals surface area (Å²) in [5, 5.41) is 9.72. The summed E-state index contributed by atoms with van der Waals surface area (Å²) in [6.45, 7) is 1.27. The van der Waals surface area contributed by atoms with E-state index < -0.39 is 128 Å². The zero-order valence-electron chi connectivity index (χ0n) is 64.7. The van der Waals surface area contributed by atoms with Gasteiger partial charge in [0.05, 0.1) is 58.0 Å².